The van der Waals surface area contributed by atoms with Crippen molar-refractivity contribution in [3.8, 4) is 11.4 Å². The van der Waals surface area contributed by atoms with Gasteiger partial charge in [-0.15, -0.1) is 0 Å². The summed E-state index contributed by atoms with van der Waals surface area (Å²) >= 11 is 0. The van der Waals surface area contributed by atoms with E-state index in [1.807, 2.05) is 6.33 Å². The van der Waals surface area contributed by atoms with Gasteiger partial charge >= 0.3 is 0 Å². The molecule has 0 aliphatic carbocycles. The summed E-state index contributed by atoms with van der Waals surface area (Å²) in [7, 11) is 2.22. The van der Waals surface area contributed by atoms with Crippen LogP contribution >= 0.6 is 0 Å². The Morgan fingerprint density at radius 1 is 1.18 bits per heavy atom. The van der Waals surface area contributed by atoms with Crippen LogP contribution in [0, 0.1) is 25.7 Å². The quantitative estimate of drug-likeness (QED) is 0.588. The number of imidazole rings is 1. The fraction of sp³-hybridized carbons (Fsp3) is 0.625. The van der Waals surface area contributed by atoms with Crippen molar-refractivity contribution >= 4 is 0 Å². The van der Waals surface area contributed by atoms with Crippen molar-refractivity contribution in [2.45, 2.75) is 59.8 Å². The molecule has 0 bridgehead atoms. The molecule has 0 unspecified atom stereocenters. The highest BCUT2D eigenvalue weighted by molar-refractivity contribution is 5.46. The summed E-state index contributed by atoms with van der Waals surface area (Å²) < 4.78 is 8.30. The minimum atomic E-state index is 0.613. The van der Waals surface area contributed by atoms with Gasteiger partial charge in [-0.2, -0.15) is 0 Å². The lowest BCUT2D eigenvalue weighted by Gasteiger charge is -2.28. The van der Waals surface area contributed by atoms with Gasteiger partial charge in [0.2, 0.25) is 0 Å². The van der Waals surface area contributed by atoms with Gasteiger partial charge in [-0.1, -0.05) is 13.8 Å². The standard InChI is InChI=1S/C24H37N3O/c1-18(2)15-24-20(4)25-17-27(24)23-9-8-22(16-19(23)3)28-14-6-7-21-10-12-26(5)13-11-21/h8-9,16-18,21H,6-7,10-15H2,1-5H3. The molecule has 0 N–H and O–H groups in total. The first-order valence-electron chi connectivity index (χ1n) is 10.9. The largest absolute Gasteiger partial charge is 0.494 e. The summed E-state index contributed by atoms with van der Waals surface area (Å²) in [6.45, 7) is 12.1. The predicted octanol–water partition coefficient (Wildman–Crippen LogP) is 5.19. The Kier molecular flexibility index (Phi) is 7.17. The van der Waals surface area contributed by atoms with Crippen molar-refractivity contribution in [2.75, 3.05) is 26.7 Å². The Labute approximate surface area is 170 Å². The number of aryl methyl sites for hydroxylation is 2. The summed E-state index contributed by atoms with van der Waals surface area (Å²) in [5, 5.41) is 0. The third-order valence-electron chi connectivity index (χ3n) is 5.97. The SMILES string of the molecule is Cc1cc(OCCCC2CCN(C)CC2)ccc1-n1cnc(C)c1CC(C)C. The van der Waals surface area contributed by atoms with E-state index in [0.717, 1.165) is 36.8 Å². The van der Waals surface area contributed by atoms with Gasteiger partial charge in [0.1, 0.15) is 5.75 Å². The molecular weight excluding hydrogens is 346 g/mol. The van der Waals surface area contributed by atoms with E-state index >= 15 is 0 Å². The lowest BCUT2D eigenvalue weighted by molar-refractivity contribution is 0.200. The van der Waals surface area contributed by atoms with Crippen LogP contribution in [0.4, 0.5) is 0 Å². The van der Waals surface area contributed by atoms with Crippen LogP contribution in [-0.4, -0.2) is 41.2 Å². The molecule has 1 fully saturated rings. The van der Waals surface area contributed by atoms with Crippen molar-refractivity contribution in [1.82, 2.24) is 14.5 Å². The Balaban J connectivity index is 1.56. The first-order valence-corrected chi connectivity index (χ1v) is 10.9. The Morgan fingerprint density at radius 3 is 2.61 bits per heavy atom. The zero-order valence-electron chi connectivity index (χ0n) is 18.4. The molecular formula is C24H37N3O. The topological polar surface area (TPSA) is 30.3 Å². The second-order valence-electron chi connectivity index (χ2n) is 8.93. The minimum absolute atomic E-state index is 0.613. The van der Waals surface area contributed by atoms with Gasteiger partial charge in [-0.25, -0.2) is 4.98 Å². The van der Waals surface area contributed by atoms with E-state index < -0.39 is 0 Å². The fourth-order valence-corrected chi connectivity index (χ4v) is 4.20. The third kappa shape index (κ3) is 5.38. The van der Waals surface area contributed by atoms with Gasteiger partial charge in [0.05, 0.1) is 18.6 Å². The number of ether oxygens (including phenoxy) is 1. The van der Waals surface area contributed by atoms with Crippen LogP contribution in [0.2, 0.25) is 0 Å². The molecule has 154 valence electrons. The van der Waals surface area contributed by atoms with Crippen molar-refractivity contribution in [2.24, 2.45) is 11.8 Å². The van der Waals surface area contributed by atoms with E-state index in [9.17, 15) is 0 Å². The average molecular weight is 384 g/mol. The first-order chi connectivity index (χ1) is 13.4. The maximum absolute atomic E-state index is 6.05. The van der Waals surface area contributed by atoms with Gasteiger partial charge < -0.3 is 14.2 Å². The average Bonchev–Trinajstić information content (AvgIpc) is 3.00. The smallest absolute Gasteiger partial charge is 0.119 e. The molecule has 4 nitrogen and oxygen atoms in total. The Bertz CT molecular complexity index is 757. The van der Waals surface area contributed by atoms with E-state index in [1.54, 1.807) is 0 Å². The normalized spacial score (nSPS) is 16.1. The predicted molar refractivity (Wildman–Crippen MR) is 117 cm³/mol. The summed E-state index contributed by atoms with van der Waals surface area (Å²) in [6.07, 6.45) is 8.12. The molecule has 1 aromatic heterocycles. The van der Waals surface area contributed by atoms with Crippen molar-refractivity contribution in [3.63, 3.8) is 0 Å². The van der Waals surface area contributed by atoms with Gasteiger partial charge in [0.15, 0.2) is 0 Å². The molecule has 1 aliphatic rings. The van der Waals surface area contributed by atoms with Crippen molar-refractivity contribution in [3.05, 3.63) is 41.5 Å². The number of nitrogens with zero attached hydrogens (tertiary/aromatic N) is 3. The van der Waals surface area contributed by atoms with Crippen LogP contribution in [0.5, 0.6) is 5.75 Å². The van der Waals surface area contributed by atoms with E-state index in [4.69, 9.17) is 4.74 Å². The second kappa shape index (κ2) is 9.60. The van der Waals surface area contributed by atoms with Crippen molar-refractivity contribution < 1.29 is 4.74 Å². The molecule has 1 aromatic carbocycles. The number of hydrogen-bond acceptors (Lipinski definition) is 3. The molecule has 2 heterocycles. The molecule has 3 rings (SSSR count). The summed E-state index contributed by atoms with van der Waals surface area (Å²) in [5.74, 6) is 2.47. The number of rotatable bonds is 8. The van der Waals surface area contributed by atoms with Gasteiger partial charge in [-0.05, 0) is 102 Å². The maximum atomic E-state index is 6.05. The highest BCUT2D eigenvalue weighted by Crippen LogP contribution is 2.25. The zero-order chi connectivity index (χ0) is 20.1. The molecule has 0 atom stereocenters. The Hall–Kier alpha value is -1.81. The summed E-state index contributed by atoms with van der Waals surface area (Å²) in [4.78, 5) is 6.98. The fourth-order valence-electron chi connectivity index (χ4n) is 4.20. The van der Waals surface area contributed by atoms with Gasteiger partial charge in [0, 0.05) is 11.4 Å². The molecule has 0 radical (unpaired) electrons. The van der Waals surface area contributed by atoms with Crippen LogP contribution in [0.15, 0.2) is 24.5 Å². The van der Waals surface area contributed by atoms with Crippen LogP contribution in [0.3, 0.4) is 0 Å². The molecule has 2 aromatic rings. The molecule has 0 saturated carbocycles. The molecule has 0 amide bonds. The third-order valence-corrected chi connectivity index (χ3v) is 5.97. The molecule has 4 heteroatoms. The van der Waals surface area contributed by atoms with E-state index in [-0.39, 0.29) is 0 Å². The molecule has 0 spiro atoms. The van der Waals surface area contributed by atoms with Crippen LogP contribution < -0.4 is 4.74 Å². The number of benzene rings is 1. The van der Waals surface area contributed by atoms with E-state index in [2.05, 4.69) is 67.4 Å². The number of aromatic nitrogens is 2. The highest BCUT2D eigenvalue weighted by atomic mass is 16.5. The van der Waals surface area contributed by atoms with Gasteiger partial charge in [0.25, 0.3) is 0 Å². The second-order valence-corrected chi connectivity index (χ2v) is 8.93. The van der Waals surface area contributed by atoms with E-state index in [0.29, 0.717) is 5.92 Å². The summed E-state index contributed by atoms with van der Waals surface area (Å²) in [6, 6.07) is 6.44. The minimum Gasteiger partial charge on any atom is -0.494 e. The zero-order valence-corrected chi connectivity index (χ0v) is 18.4. The monoisotopic (exact) mass is 383 g/mol. The van der Waals surface area contributed by atoms with E-state index in [1.165, 1.54) is 49.3 Å². The Morgan fingerprint density at radius 2 is 1.93 bits per heavy atom. The highest BCUT2D eigenvalue weighted by Gasteiger charge is 2.16. The lowest BCUT2D eigenvalue weighted by atomic mass is 9.93. The first kappa shape index (κ1) is 20.9. The van der Waals surface area contributed by atoms with Crippen LogP contribution in [0.1, 0.15) is 56.5 Å². The van der Waals surface area contributed by atoms with Gasteiger partial charge in [-0.3, -0.25) is 0 Å². The molecule has 1 aliphatic heterocycles. The van der Waals surface area contributed by atoms with Crippen LogP contribution in [-0.2, 0) is 6.42 Å². The molecule has 1 saturated heterocycles. The summed E-state index contributed by atoms with van der Waals surface area (Å²) in [5.41, 5.74) is 4.87. The number of hydrogen-bond donors (Lipinski definition) is 0. The number of likely N-dealkylation sites (tertiary alicyclic amines) is 1. The number of piperidine rings is 1. The van der Waals surface area contributed by atoms with Crippen molar-refractivity contribution in [1.29, 1.82) is 0 Å². The molecule has 28 heavy (non-hydrogen) atoms. The maximum Gasteiger partial charge on any atom is 0.119 e. The van der Waals surface area contributed by atoms with Crippen LogP contribution in [0.25, 0.3) is 5.69 Å². The lowest BCUT2D eigenvalue weighted by Crippen LogP contribution is -2.30.